The Kier molecular flexibility index (Phi) is 3.41. The van der Waals surface area contributed by atoms with Crippen LogP contribution in [0.5, 0.6) is 0 Å². The predicted molar refractivity (Wildman–Crippen MR) is 58.6 cm³/mol. The van der Waals surface area contributed by atoms with Crippen LogP contribution in [-0.4, -0.2) is 16.4 Å². The summed E-state index contributed by atoms with van der Waals surface area (Å²) in [4.78, 5) is 21.8. The van der Waals surface area contributed by atoms with Gasteiger partial charge in [0, 0.05) is 11.3 Å². The fourth-order valence-corrected chi connectivity index (χ4v) is 1.29. The topological polar surface area (TPSA) is 60.2 Å². The minimum Gasteiger partial charge on any atom is -0.398 e. The summed E-state index contributed by atoms with van der Waals surface area (Å²) in [7, 11) is 0. The summed E-state index contributed by atoms with van der Waals surface area (Å²) in [5.41, 5.74) is 6.38. The van der Waals surface area contributed by atoms with Crippen LogP contribution in [0.15, 0.2) is 24.3 Å². The van der Waals surface area contributed by atoms with Crippen LogP contribution in [0, 0.1) is 0 Å². The highest BCUT2D eigenvalue weighted by Gasteiger charge is 2.22. The molecule has 0 aromatic heterocycles. The third kappa shape index (κ3) is 2.20. The van der Waals surface area contributed by atoms with E-state index < -0.39 is 4.83 Å². The Hall–Kier alpha value is -1.16. The first-order valence-electron chi connectivity index (χ1n) is 4.07. The molecule has 0 saturated carbocycles. The van der Waals surface area contributed by atoms with Gasteiger partial charge in [-0.15, -0.1) is 0 Å². The highest BCUT2D eigenvalue weighted by atomic mass is 79.9. The zero-order chi connectivity index (χ0) is 10.7. The van der Waals surface area contributed by atoms with E-state index in [0.29, 0.717) is 11.3 Å². The number of carbonyl (C=O) groups is 2. The number of hydrogen-bond acceptors (Lipinski definition) is 3. The van der Waals surface area contributed by atoms with Gasteiger partial charge in [-0.05, 0) is 19.1 Å². The molecule has 3 nitrogen and oxygen atoms in total. The summed E-state index contributed by atoms with van der Waals surface area (Å²) >= 11 is 3.02. The maximum Gasteiger partial charge on any atom is 0.185 e. The van der Waals surface area contributed by atoms with Crippen LogP contribution >= 0.6 is 15.9 Å². The van der Waals surface area contributed by atoms with Crippen molar-refractivity contribution in [2.24, 2.45) is 0 Å². The Labute approximate surface area is 90.4 Å². The molecule has 1 unspecified atom stereocenters. The first-order valence-corrected chi connectivity index (χ1v) is 4.99. The van der Waals surface area contributed by atoms with Crippen LogP contribution in [0.25, 0.3) is 0 Å². The van der Waals surface area contributed by atoms with Crippen molar-refractivity contribution in [3.8, 4) is 0 Å². The molecule has 0 bridgehead atoms. The molecule has 1 rings (SSSR count). The predicted octanol–water partition coefficient (Wildman–Crippen LogP) is 1.80. The average Bonchev–Trinajstić information content (AvgIpc) is 2.16. The fraction of sp³-hybridized carbons (Fsp3) is 0.200. The molecule has 0 heterocycles. The SMILES string of the molecule is CC(=O)C(Br)C(=O)c1ccccc1N. The van der Waals surface area contributed by atoms with E-state index in [1.165, 1.54) is 6.92 Å². The molecule has 1 aromatic rings. The zero-order valence-electron chi connectivity index (χ0n) is 7.66. The van der Waals surface area contributed by atoms with Gasteiger partial charge in [-0.25, -0.2) is 0 Å². The highest BCUT2D eigenvalue weighted by Crippen LogP contribution is 2.16. The van der Waals surface area contributed by atoms with Crippen LogP contribution in [-0.2, 0) is 4.79 Å². The monoisotopic (exact) mass is 255 g/mol. The van der Waals surface area contributed by atoms with Gasteiger partial charge in [-0.2, -0.15) is 0 Å². The first kappa shape index (κ1) is 10.9. The Balaban J connectivity index is 3.01. The maximum absolute atomic E-state index is 11.7. The van der Waals surface area contributed by atoms with E-state index in [1.807, 2.05) is 0 Å². The van der Waals surface area contributed by atoms with E-state index in [2.05, 4.69) is 15.9 Å². The summed E-state index contributed by atoms with van der Waals surface area (Å²) in [5.74, 6) is -0.520. The molecule has 0 spiro atoms. The summed E-state index contributed by atoms with van der Waals surface area (Å²) in [6.45, 7) is 1.36. The molecule has 1 aromatic carbocycles. The number of anilines is 1. The molecule has 0 saturated heterocycles. The second-order valence-corrected chi connectivity index (χ2v) is 3.84. The van der Waals surface area contributed by atoms with E-state index in [0.717, 1.165) is 0 Å². The van der Waals surface area contributed by atoms with Crippen molar-refractivity contribution < 1.29 is 9.59 Å². The summed E-state index contributed by atoms with van der Waals surface area (Å²) in [6.07, 6.45) is 0. The number of nitrogens with two attached hydrogens (primary N) is 1. The van der Waals surface area contributed by atoms with Crippen molar-refractivity contribution in [1.82, 2.24) is 0 Å². The van der Waals surface area contributed by atoms with Crippen LogP contribution in [0.2, 0.25) is 0 Å². The number of carbonyl (C=O) groups excluding carboxylic acids is 2. The molecule has 0 aliphatic rings. The summed E-state index contributed by atoms with van der Waals surface area (Å²) in [6, 6.07) is 6.69. The van der Waals surface area contributed by atoms with Gasteiger partial charge in [0.15, 0.2) is 11.6 Å². The lowest BCUT2D eigenvalue weighted by atomic mass is 10.0. The average molecular weight is 256 g/mol. The summed E-state index contributed by atoms with van der Waals surface area (Å²) < 4.78 is 0. The molecule has 4 heteroatoms. The number of benzene rings is 1. The van der Waals surface area contributed by atoms with Crippen molar-refractivity contribution >= 4 is 33.2 Å². The van der Waals surface area contributed by atoms with Crippen molar-refractivity contribution in [1.29, 1.82) is 0 Å². The fourth-order valence-electron chi connectivity index (χ4n) is 1.04. The normalized spacial score (nSPS) is 12.1. The van der Waals surface area contributed by atoms with E-state index >= 15 is 0 Å². The van der Waals surface area contributed by atoms with Crippen LogP contribution in [0.4, 0.5) is 5.69 Å². The number of hydrogen-bond donors (Lipinski definition) is 1. The molecule has 0 aliphatic heterocycles. The Morgan fingerprint density at radius 2 is 1.93 bits per heavy atom. The highest BCUT2D eigenvalue weighted by molar-refractivity contribution is 9.10. The smallest absolute Gasteiger partial charge is 0.185 e. The van der Waals surface area contributed by atoms with Gasteiger partial charge in [0.1, 0.15) is 4.83 Å². The minimum atomic E-state index is -0.799. The molecule has 0 amide bonds. The van der Waals surface area contributed by atoms with E-state index in [4.69, 9.17) is 5.73 Å². The van der Waals surface area contributed by atoms with Gasteiger partial charge in [0.2, 0.25) is 0 Å². The molecule has 74 valence electrons. The van der Waals surface area contributed by atoms with Gasteiger partial charge >= 0.3 is 0 Å². The lowest BCUT2D eigenvalue weighted by molar-refractivity contribution is -0.115. The van der Waals surface area contributed by atoms with Crippen molar-refractivity contribution in [3.63, 3.8) is 0 Å². The van der Waals surface area contributed by atoms with Gasteiger partial charge < -0.3 is 5.73 Å². The second-order valence-electron chi connectivity index (χ2n) is 2.92. The number of Topliss-reactive ketones (excluding diaryl/α,β-unsaturated/α-hetero) is 2. The lowest BCUT2D eigenvalue weighted by Gasteiger charge is -2.06. The number of ketones is 2. The van der Waals surface area contributed by atoms with Gasteiger partial charge in [-0.3, -0.25) is 9.59 Å². The largest absolute Gasteiger partial charge is 0.398 e. The Morgan fingerprint density at radius 3 is 2.43 bits per heavy atom. The number of halogens is 1. The van der Waals surface area contributed by atoms with Crippen LogP contribution in [0.1, 0.15) is 17.3 Å². The third-order valence-corrected chi connectivity index (χ3v) is 2.87. The van der Waals surface area contributed by atoms with Crippen molar-refractivity contribution in [3.05, 3.63) is 29.8 Å². The van der Waals surface area contributed by atoms with Crippen LogP contribution < -0.4 is 5.73 Å². The van der Waals surface area contributed by atoms with E-state index in [1.54, 1.807) is 24.3 Å². The quantitative estimate of drug-likeness (QED) is 0.388. The lowest BCUT2D eigenvalue weighted by Crippen LogP contribution is -2.22. The van der Waals surface area contributed by atoms with Gasteiger partial charge in [-0.1, -0.05) is 28.1 Å². The van der Waals surface area contributed by atoms with Crippen LogP contribution in [0.3, 0.4) is 0 Å². The van der Waals surface area contributed by atoms with Crippen molar-refractivity contribution in [2.75, 3.05) is 5.73 Å². The number of rotatable bonds is 3. The molecule has 0 aliphatic carbocycles. The number of alkyl halides is 1. The number of nitrogen functional groups attached to an aromatic ring is 1. The van der Waals surface area contributed by atoms with Gasteiger partial charge in [0.05, 0.1) is 0 Å². The minimum absolute atomic E-state index is 0.224. The molecule has 2 N–H and O–H groups in total. The van der Waals surface area contributed by atoms with Gasteiger partial charge in [0.25, 0.3) is 0 Å². The standard InChI is InChI=1S/C10H10BrNO2/c1-6(13)9(11)10(14)7-4-2-3-5-8(7)12/h2-5,9H,12H2,1H3. The molecular formula is C10H10BrNO2. The third-order valence-electron chi connectivity index (χ3n) is 1.81. The van der Waals surface area contributed by atoms with Crippen molar-refractivity contribution in [2.45, 2.75) is 11.8 Å². The number of para-hydroxylation sites is 1. The first-order chi connectivity index (χ1) is 6.54. The zero-order valence-corrected chi connectivity index (χ0v) is 9.24. The Bertz CT molecular complexity index is 376. The molecule has 0 fully saturated rings. The Morgan fingerprint density at radius 1 is 1.36 bits per heavy atom. The summed E-state index contributed by atoms with van der Waals surface area (Å²) in [5, 5.41) is 0. The molecular weight excluding hydrogens is 246 g/mol. The molecule has 1 atom stereocenters. The second kappa shape index (κ2) is 4.37. The molecule has 14 heavy (non-hydrogen) atoms. The van der Waals surface area contributed by atoms with E-state index in [-0.39, 0.29) is 11.6 Å². The van der Waals surface area contributed by atoms with E-state index in [9.17, 15) is 9.59 Å². The molecule has 0 radical (unpaired) electrons. The maximum atomic E-state index is 11.7.